The average molecular weight is 277 g/mol. The summed E-state index contributed by atoms with van der Waals surface area (Å²) in [4.78, 5) is 16.5. The van der Waals surface area contributed by atoms with E-state index in [2.05, 4.69) is 4.90 Å². The number of aromatic nitrogens is 1. The predicted molar refractivity (Wildman–Crippen MR) is 76.6 cm³/mol. The number of rotatable bonds is 3. The molecule has 2 aliphatic rings. The smallest absolute Gasteiger partial charge is 0.270 e. The summed E-state index contributed by atoms with van der Waals surface area (Å²) in [6, 6.07) is 3.71. The zero-order valence-electron chi connectivity index (χ0n) is 12.1. The average Bonchev–Trinajstić information content (AvgIpc) is 3.11. The number of nitrogens with zero attached hydrogens (tertiary/aromatic N) is 3. The first-order valence-corrected chi connectivity index (χ1v) is 7.43. The van der Waals surface area contributed by atoms with Crippen LogP contribution < -0.4 is 0 Å². The van der Waals surface area contributed by atoms with Gasteiger partial charge in [0.2, 0.25) is 0 Å². The lowest BCUT2D eigenvalue weighted by Crippen LogP contribution is -2.45. The van der Waals surface area contributed by atoms with Gasteiger partial charge in [-0.3, -0.25) is 4.79 Å². The van der Waals surface area contributed by atoms with E-state index in [0.29, 0.717) is 31.7 Å². The van der Waals surface area contributed by atoms with Crippen LogP contribution in [0.2, 0.25) is 0 Å². The first-order valence-electron chi connectivity index (χ1n) is 7.43. The quantitative estimate of drug-likeness (QED) is 0.884. The van der Waals surface area contributed by atoms with Gasteiger partial charge in [0.15, 0.2) is 0 Å². The molecular weight excluding hydrogens is 254 g/mol. The number of aliphatic hydroxyl groups is 1. The summed E-state index contributed by atoms with van der Waals surface area (Å²) < 4.78 is 1.83. The molecule has 0 aromatic carbocycles. The van der Waals surface area contributed by atoms with E-state index in [1.54, 1.807) is 4.90 Å². The number of amides is 1. The highest BCUT2D eigenvalue weighted by Gasteiger charge is 2.40. The van der Waals surface area contributed by atoms with E-state index in [1.807, 2.05) is 29.9 Å². The largest absolute Gasteiger partial charge is 0.387 e. The lowest BCUT2D eigenvalue weighted by molar-refractivity contribution is 0.0174. The summed E-state index contributed by atoms with van der Waals surface area (Å²) in [7, 11) is 1.87. The van der Waals surface area contributed by atoms with Crippen molar-refractivity contribution in [2.45, 2.75) is 24.9 Å². The van der Waals surface area contributed by atoms with Gasteiger partial charge >= 0.3 is 0 Å². The molecule has 20 heavy (non-hydrogen) atoms. The van der Waals surface area contributed by atoms with Gasteiger partial charge in [-0.1, -0.05) is 0 Å². The van der Waals surface area contributed by atoms with Crippen LogP contribution >= 0.6 is 0 Å². The molecule has 0 saturated carbocycles. The van der Waals surface area contributed by atoms with Gasteiger partial charge < -0.3 is 19.5 Å². The molecular formula is C15H23N3O2. The van der Waals surface area contributed by atoms with E-state index in [0.717, 1.165) is 13.1 Å². The first-order chi connectivity index (χ1) is 9.57. The van der Waals surface area contributed by atoms with Crippen molar-refractivity contribution < 1.29 is 9.90 Å². The standard InChI is InChI=1S/C15H23N3O2/c1-16-7-4-5-13(16)14(19)18-10-6-15(20,12-18)11-17-8-2-3-9-17/h4-5,7,20H,2-3,6,8-12H2,1H3/t15-/m1/s1. The summed E-state index contributed by atoms with van der Waals surface area (Å²) in [5.41, 5.74) is -0.0408. The maximum atomic E-state index is 12.4. The van der Waals surface area contributed by atoms with E-state index >= 15 is 0 Å². The molecule has 0 aliphatic carbocycles. The van der Waals surface area contributed by atoms with E-state index < -0.39 is 5.60 Å². The van der Waals surface area contributed by atoms with Gasteiger partial charge in [0.25, 0.3) is 5.91 Å². The van der Waals surface area contributed by atoms with Gasteiger partial charge in [0.1, 0.15) is 5.69 Å². The van der Waals surface area contributed by atoms with Crippen molar-refractivity contribution in [1.29, 1.82) is 0 Å². The highest BCUT2D eigenvalue weighted by atomic mass is 16.3. The van der Waals surface area contributed by atoms with Gasteiger partial charge in [-0.05, 0) is 44.5 Å². The van der Waals surface area contributed by atoms with Gasteiger partial charge in [0, 0.05) is 26.3 Å². The topological polar surface area (TPSA) is 48.7 Å². The molecule has 0 bridgehead atoms. The van der Waals surface area contributed by atoms with Gasteiger partial charge in [-0.2, -0.15) is 0 Å². The molecule has 0 spiro atoms. The Kier molecular flexibility index (Phi) is 3.56. The fraction of sp³-hybridized carbons (Fsp3) is 0.667. The third-order valence-corrected chi connectivity index (χ3v) is 4.50. The summed E-state index contributed by atoms with van der Waals surface area (Å²) in [6.45, 7) is 3.95. The molecule has 1 aromatic heterocycles. The zero-order valence-corrected chi connectivity index (χ0v) is 12.1. The highest BCUT2D eigenvalue weighted by molar-refractivity contribution is 5.93. The molecule has 5 heteroatoms. The molecule has 0 unspecified atom stereocenters. The lowest BCUT2D eigenvalue weighted by atomic mass is 10.0. The maximum absolute atomic E-state index is 12.4. The van der Waals surface area contributed by atoms with E-state index in [9.17, 15) is 9.90 Å². The van der Waals surface area contributed by atoms with Crippen LogP contribution in [0.25, 0.3) is 0 Å². The Morgan fingerprint density at radius 3 is 2.75 bits per heavy atom. The molecule has 110 valence electrons. The molecule has 0 radical (unpaired) electrons. The van der Waals surface area contributed by atoms with Crippen molar-refractivity contribution in [2.24, 2.45) is 7.05 Å². The van der Waals surface area contributed by atoms with Crippen molar-refractivity contribution in [2.75, 3.05) is 32.7 Å². The van der Waals surface area contributed by atoms with Crippen LogP contribution in [0, 0.1) is 0 Å². The number of carbonyl (C=O) groups is 1. The summed E-state index contributed by atoms with van der Waals surface area (Å²) >= 11 is 0. The summed E-state index contributed by atoms with van der Waals surface area (Å²) in [5.74, 6) is 0.0230. The number of β-amino-alcohol motifs (C(OH)–C–C–N with tert-alkyl or cyclic N) is 1. The number of hydrogen-bond donors (Lipinski definition) is 1. The molecule has 3 heterocycles. The van der Waals surface area contributed by atoms with Crippen molar-refractivity contribution in [3.63, 3.8) is 0 Å². The van der Waals surface area contributed by atoms with Crippen LogP contribution in [0.3, 0.4) is 0 Å². The third kappa shape index (κ3) is 2.60. The minimum Gasteiger partial charge on any atom is -0.387 e. The van der Waals surface area contributed by atoms with Crippen molar-refractivity contribution in [3.05, 3.63) is 24.0 Å². The molecule has 2 saturated heterocycles. The van der Waals surface area contributed by atoms with Crippen LogP contribution in [-0.2, 0) is 7.05 Å². The molecule has 1 N–H and O–H groups in total. The van der Waals surface area contributed by atoms with Crippen LogP contribution in [0.1, 0.15) is 29.8 Å². The summed E-state index contributed by atoms with van der Waals surface area (Å²) in [6.07, 6.45) is 5.00. The van der Waals surface area contributed by atoms with Gasteiger partial charge in [-0.15, -0.1) is 0 Å². The van der Waals surface area contributed by atoms with Gasteiger partial charge in [0.05, 0.1) is 12.1 Å². The maximum Gasteiger partial charge on any atom is 0.270 e. The van der Waals surface area contributed by atoms with E-state index in [-0.39, 0.29) is 5.91 Å². The third-order valence-electron chi connectivity index (χ3n) is 4.50. The lowest BCUT2D eigenvalue weighted by Gasteiger charge is -2.28. The number of likely N-dealkylation sites (tertiary alicyclic amines) is 2. The SMILES string of the molecule is Cn1cccc1C(=O)N1CC[C@@](O)(CN2CCCC2)C1. The molecule has 2 aliphatic heterocycles. The van der Waals surface area contributed by atoms with E-state index in [4.69, 9.17) is 0 Å². The molecule has 2 fully saturated rings. The Hall–Kier alpha value is -1.33. The second kappa shape index (κ2) is 5.22. The molecule has 3 rings (SSSR count). The number of hydrogen-bond acceptors (Lipinski definition) is 3. The zero-order chi connectivity index (χ0) is 14.2. The molecule has 1 aromatic rings. The van der Waals surface area contributed by atoms with Crippen LogP contribution in [0.4, 0.5) is 0 Å². The first kappa shape index (κ1) is 13.6. The number of aryl methyl sites for hydroxylation is 1. The number of carbonyl (C=O) groups excluding carboxylic acids is 1. The fourth-order valence-corrected chi connectivity index (χ4v) is 3.36. The Morgan fingerprint density at radius 2 is 2.10 bits per heavy atom. The normalized spacial score (nSPS) is 27.4. The molecule has 1 atom stereocenters. The van der Waals surface area contributed by atoms with Crippen molar-refractivity contribution in [3.8, 4) is 0 Å². The van der Waals surface area contributed by atoms with Crippen molar-refractivity contribution >= 4 is 5.91 Å². The van der Waals surface area contributed by atoms with Crippen LogP contribution in [0.5, 0.6) is 0 Å². The monoisotopic (exact) mass is 277 g/mol. The second-order valence-corrected chi connectivity index (χ2v) is 6.19. The Labute approximate surface area is 119 Å². The minimum atomic E-state index is -0.731. The molecule has 1 amide bonds. The van der Waals surface area contributed by atoms with Crippen LogP contribution in [0.15, 0.2) is 18.3 Å². The van der Waals surface area contributed by atoms with Gasteiger partial charge in [-0.25, -0.2) is 0 Å². The predicted octanol–water partition coefficient (Wildman–Crippen LogP) is 0.698. The minimum absolute atomic E-state index is 0.0230. The Balaban J connectivity index is 1.63. The van der Waals surface area contributed by atoms with E-state index in [1.165, 1.54) is 12.8 Å². The Bertz CT molecular complexity index is 493. The highest BCUT2D eigenvalue weighted by Crippen LogP contribution is 2.25. The van der Waals surface area contributed by atoms with Crippen molar-refractivity contribution in [1.82, 2.24) is 14.4 Å². The second-order valence-electron chi connectivity index (χ2n) is 6.19. The summed E-state index contributed by atoms with van der Waals surface area (Å²) in [5, 5.41) is 10.7. The Morgan fingerprint density at radius 1 is 1.35 bits per heavy atom. The molecule has 5 nitrogen and oxygen atoms in total. The van der Waals surface area contributed by atoms with Crippen LogP contribution in [-0.4, -0.2) is 63.7 Å². The fourth-order valence-electron chi connectivity index (χ4n) is 3.36.